The molecule has 2 N–H and O–H groups in total. The molecule has 0 aromatic heterocycles. The first-order valence-electron chi connectivity index (χ1n) is 10.9. The quantitative estimate of drug-likeness (QED) is 0.408. The van der Waals surface area contributed by atoms with E-state index in [1.165, 1.54) is 77.8 Å². The van der Waals surface area contributed by atoms with Crippen molar-refractivity contribution in [3.8, 4) is 0 Å². The van der Waals surface area contributed by atoms with E-state index in [4.69, 9.17) is 10.2 Å². The molecule has 0 amide bonds. The van der Waals surface area contributed by atoms with E-state index in [2.05, 4.69) is 51.3 Å². The Morgan fingerprint density at radius 1 is 0.536 bits per heavy atom. The van der Waals surface area contributed by atoms with Gasteiger partial charge in [0.25, 0.3) is 0 Å². The van der Waals surface area contributed by atoms with Gasteiger partial charge in [0.1, 0.15) is 0 Å². The molecule has 0 aliphatic rings. The molecule has 0 rings (SSSR count). The molecule has 0 saturated carbocycles. The summed E-state index contributed by atoms with van der Waals surface area (Å²) in [6, 6.07) is 0. The van der Waals surface area contributed by atoms with E-state index in [-0.39, 0.29) is 0 Å². The maximum absolute atomic E-state index is 9.55. The molecule has 6 nitrogen and oxygen atoms in total. The van der Waals surface area contributed by atoms with Crippen molar-refractivity contribution in [1.29, 1.82) is 0 Å². The Hall–Kier alpha value is -1.40. The van der Waals surface area contributed by atoms with Crippen LogP contribution < -0.4 is 0 Å². The van der Waals surface area contributed by atoms with Gasteiger partial charge < -0.3 is 20.0 Å². The zero-order chi connectivity index (χ0) is 22.2. The fourth-order valence-corrected chi connectivity index (χ4v) is 2.71. The van der Waals surface area contributed by atoms with Crippen LogP contribution in [0.25, 0.3) is 0 Å². The van der Waals surface area contributed by atoms with E-state index in [1.54, 1.807) is 0 Å². The summed E-state index contributed by atoms with van der Waals surface area (Å²) >= 11 is 0. The second kappa shape index (κ2) is 25.6. The summed E-state index contributed by atoms with van der Waals surface area (Å²) in [7, 11) is 0. The first-order valence-corrected chi connectivity index (χ1v) is 10.9. The van der Waals surface area contributed by atoms with E-state index < -0.39 is 11.9 Å². The van der Waals surface area contributed by atoms with Crippen LogP contribution in [0.3, 0.4) is 0 Å². The van der Waals surface area contributed by atoms with Crippen molar-refractivity contribution in [2.75, 3.05) is 39.3 Å². The molecule has 0 fully saturated rings. The smallest absolute Gasteiger partial charge is 0.328 e. The van der Waals surface area contributed by atoms with E-state index in [1.807, 2.05) is 0 Å². The van der Waals surface area contributed by atoms with Gasteiger partial charge in [0.05, 0.1) is 0 Å². The van der Waals surface area contributed by atoms with Crippen molar-refractivity contribution in [2.45, 2.75) is 80.1 Å². The lowest BCUT2D eigenvalue weighted by Gasteiger charge is -2.19. The summed E-state index contributed by atoms with van der Waals surface area (Å²) in [5.41, 5.74) is 0. The number of aliphatic carboxylic acids is 2. The van der Waals surface area contributed by atoms with Crippen LogP contribution in [0.15, 0.2) is 12.2 Å². The van der Waals surface area contributed by atoms with E-state index in [0.29, 0.717) is 12.2 Å². The van der Waals surface area contributed by atoms with Crippen LogP contribution in [0.5, 0.6) is 0 Å². The summed E-state index contributed by atoms with van der Waals surface area (Å²) < 4.78 is 0. The normalized spacial score (nSPS) is 10.4. The van der Waals surface area contributed by atoms with Gasteiger partial charge in [0.2, 0.25) is 0 Å². The van der Waals surface area contributed by atoms with Gasteiger partial charge in [-0.05, 0) is 77.8 Å². The number of carboxylic acid groups (broad SMARTS) is 2. The van der Waals surface area contributed by atoms with Crippen LogP contribution in [0.4, 0.5) is 0 Å². The predicted octanol–water partition coefficient (Wildman–Crippen LogP) is 4.75. The first-order chi connectivity index (χ1) is 13.3. The molecule has 0 bridgehead atoms. The van der Waals surface area contributed by atoms with Gasteiger partial charge in [-0.2, -0.15) is 0 Å². The molecule has 0 heterocycles. The standard InChI is InChI=1S/2C9H21N.C4H4O4/c2*1-4-7-10(8-5-2)9-6-3;5-3(6)1-2-4(7)8/h2*4-9H2,1-3H3;1-2H,(H,5,6)(H,7,8)/b;;2-1+. The van der Waals surface area contributed by atoms with Crippen molar-refractivity contribution >= 4 is 11.9 Å². The third-order valence-corrected chi connectivity index (χ3v) is 3.61. The maximum Gasteiger partial charge on any atom is 0.328 e. The van der Waals surface area contributed by atoms with Crippen LogP contribution in [-0.2, 0) is 9.59 Å². The lowest BCUT2D eigenvalue weighted by Crippen LogP contribution is -2.26. The largest absolute Gasteiger partial charge is 0.478 e. The molecule has 0 aromatic rings. The summed E-state index contributed by atoms with van der Waals surface area (Å²) in [5, 5.41) is 15.6. The second-order valence-corrected chi connectivity index (χ2v) is 6.69. The summed E-state index contributed by atoms with van der Waals surface area (Å²) in [6.45, 7) is 21.2. The highest BCUT2D eigenvalue weighted by Crippen LogP contribution is 1.95. The fraction of sp³-hybridized carbons (Fsp3) is 0.818. The molecule has 0 atom stereocenters. The predicted molar refractivity (Wildman–Crippen MR) is 119 cm³/mol. The average molecular weight is 403 g/mol. The van der Waals surface area contributed by atoms with Crippen molar-refractivity contribution in [3.63, 3.8) is 0 Å². The zero-order valence-electron chi connectivity index (χ0n) is 19.2. The van der Waals surface area contributed by atoms with E-state index >= 15 is 0 Å². The van der Waals surface area contributed by atoms with Crippen molar-refractivity contribution in [1.82, 2.24) is 9.80 Å². The number of nitrogens with zero attached hydrogens (tertiary/aromatic N) is 2. The Balaban J connectivity index is -0.000000337. The molecule has 28 heavy (non-hydrogen) atoms. The summed E-state index contributed by atoms with van der Waals surface area (Å²) in [6.07, 6.45) is 8.87. The Kier molecular flexibility index (Phi) is 28.6. The Morgan fingerprint density at radius 3 is 0.821 bits per heavy atom. The highest BCUT2D eigenvalue weighted by molar-refractivity contribution is 5.89. The highest BCUT2D eigenvalue weighted by Gasteiger charge is 1.99. The fourth-order valence-electron chi connectivity index (χ4n) is 2.71. The third-order valence-electron chi connectivity index (χ3n) is 3.61. The highest BCUT2D eigenvalue weighted by atomic mass is 16.4. The lowest BCUT2D eigenvalue weighted by molar-refractivity contribution is -0.134. The Morgan fingerprint density at radius 2 is 0.714 bits per heavy atom. The van der Waals surface area contributed by atoms with Gasteiger partial charge in [-0.15, -0.1) is 0 Å². The number of hydrogen-bond donors (Lipinski definition) is 2. The van der Waals surface area contributed by atoms with Crippen molar-refractivity contribution < 1.29 is 19.8 Å². The molecule has 0 aromatic carbocycles. The molecule has 0 spiro atoms. The Bertz CT molecular complexity index is 311. The second-order valence-electron chi connectivity index (χ2n) is 6.69. The van der Waals surface area contributed by atoms with E-state index in [0.717, 1.165) is 0 Å². The maximum atomic E-state index is 9.55. The molecule has 0 unspecified atom stereocenters. The van der Waals surface area contributed by atoms with Crippen LogP contribution in [0.2, 0.25) is 0 Å². The monoisotopic (exact) mass is 402 g/mol. The van der Waals surface area contributed by atoms with Crippen LogP contribution in [-0.4, -0.2) is 71.2 Å². The molecular weight excluding hydrogens is 356 g/mol. The number of carboxylic acids is 2. The third kappa shape index (κ3) is 29.4. The molecular formula is C22H46N2O4. The number of hydrogen-bond acceptors (Lipinski definition) is 4. The zero-order valence-corrected chi connectivity index (χ0v) is 19.2. The SMILES string of the molecule is CCCN(CCC)CCC.CCCN(CCC)CCC.O=C(O)/C=C/C(=O)O. The molecule has 0 saturated heterocycles. The number of rotatable bonds is 14. The topological polar surface area (TPSA) is 81.1 Å². The van der Waals surface area contributed by atoms with Gasteiger partial charge in [0.15, 0.2) is 0 Å². The van der Waals surface area contributed by atoms with Crippen LogP contribution in [0.1, 0.15) is 80.1 Å². The molecule has 168 valence electrons. The Labute approximate surface area is 173 Å². The van der Waals surface area contributed by atoms with Gasteiger partial charge >= 0.3 is 11.9 Å². The van der Waals surface area contributed by atoms with Gasteiger partial charge in [-0.25, -0.2) is 9.59 Å². The minimum absolute atomic E-state index is 0.558. The van der Waals surface area contributed by atoms with Crippen LogP contribution >= 0.6 is 0 Å². The molecule has 6 heteroatoms. The lowest BCUT2D eigenvalue weighted by atomic mass is 10.3. The summed E-state index contributed by atoms with van der Waals surface area (Å²) in [5.74, 6) is -2.51. The summed E-state index contributed by atoms with van der Waals surface area (Å²) in [4.78, 5) is 24.2. The van der Waals surface area contributed by atoms with E-state index in [9.17, 15) is 9.59 Å². The van der Waals surface area contributed by atoms with Crippen molar-refractivity contribution in [2.24, 2.45) is 0 Å². The minimum Gasteiger partial charge on any atom is -0.478 e. The molecule has 0 aliphatic carbocycles. The minimum atomic E-state index is -1.26. The van der Waals surface area contributed by atoms with Gasteiger partial charge in [0, 0.05) is 12.2 Å². The first kappa shape index (κ1) is 31.3. The van der Waals surface area contributed by atoms with Crippen LogP contribution in [0, 0.1) is 0 Å². The van der Waals surface area contributed by atoms with Crippen molar-refractivity contribution in [3.05, 3.63) is 12.2 Å². The van der Waals surface area contributed by atoms with Gasteiger partial charge in [-0.1, -0.05) is 41.5 Å². The van der Waals surface area contributed by atoms with Gasteiger partial charge in [-0.3, -0.25) is 0 Å². The number of carbonyl (C=O) groups is 2. The average Bonchev–Trinajstić information content (AvgIpc) is 2.62. The molecule has 0 aliphatic heterocycles. The molecule has 0 radical (unpaired) electrons.